The number of hydrogen-bond donors (Lipinski definition) is 2. The first-order valence-electron chi connectivity index (χ1n) is 4.65. The fraction of sp³-hybridized carbons (Fsp3) is 0.556. The topological polar surface area (TPSA) is 62.2 Å². The van der Waals surface area contributed by atoms with Crippen LogP contribution in [0.5, 0.6) is 0 Å². The summed E-state index contributed by atoms with van der Waals surface area (Å²) < 4.78 is 0.735. The average Bonchev–Trinajstić information content (AvgIpc) is 2.92. The highest BCUT2D eigenvalue weighted by atomic mass is 79.9. The van der Waals surface area contributed by atoms with Crippen molar-refractivity contribution < 1.29 is 9.90 Å². The van der Waals surface area contributed by atoms with Gasteiger partial charge in [0.05, 0.1) is 0 Å². The van der Waals surface area contributed by atoms with Crippen molar-refractivity contribution in [2.75, 3.05) is 5.32 Å². The fourth-order valence-corrected chi connectivity index (χ4v) is 2.78. The highest BCUT2D eigenvalue weighted by Crippen LogP contribution is 2.42. The Morgan fingerprint density at radius 2 is 2.47 bits per heavy atom. The van der Waals surface area contributed by atoms with Crippen LogP contribution >= 0.6 is 27.3 Å². The van der Waals surface area contributed by atoms with Gasteiger partial charge in [-0.15, -0.1) is 11.3 Å². The lowest BCUT2D eigenvalue weighted by Crippen LogP contribution is -2.45. The minimum atomic E-state index is -0.878. The molecule has 15 heavy (non-hydrogen) atoms. The number of hydrogen-bond acceptors (Lipinski definition) is 4. The van der Waals surface area contributed by atoms with Crippen LogP contribution in [-0.2, 0) is 4.79 Å². The maximum atomic E-state index is 11.2. The third kappa shape index (κ3) is 2.15. The van der Waals surface area contributed by atoms with E-state index in [-0.39, 0.29) is 5.92 Å². The zero-order valence-electron chi connectivity index (χ0n) is 8.16. The summed E-state index contributed by atoms with van der Waals surface area (Å²) in [5, 5.41) is 14.7. The van der Waals surface area contributed by atoms with Crippen LogP contribution in [0.4, 0.5) is 5.13 Å². The summed E-state index contributed by atoms with van der Waals surface area (Å²) in [6.45, 7) is 1.72. The molecule has 0 saturated heterocycles. The Kier molecular flexibility index (Phi) is 2.72. The molecule has 0 bridgehead atoms. The number of anilines is 1. The van der Waals surface area contributed by atoms with Crippen LogP contribution in [-0.4, -0.2) is 21.6 Å². The van der Waals surface area contributed by atoms with E-state index < -0.39 is 11.5 Å². The maximum absolute atomic E-state index is 11.2. The summed E-state index contributed by atoms with van der Waals surface area (Å²) in [4.78, 5) is 15.4. The molecule has 1 atom stereocenters. The van der Waals surface area contributed by atoms with Gasteiger partial charge in [-0.05, 0) is 41.6 Å². The number of carboxylic acid groups (broad SMARTS) is 1. The zero-order valence-corrected chi connectivity index (χ0v) is 10.6. The molecule has 1 aliphatic carbocycles. The molecule has 0 aromatic carbocycles. The lowest BCUT2D eigenvalue weighted by molar-refractivity contribution is -0.142. The van der Waals surface area contributed by atoms with E-state index in [2.05, 4.69) is 26.2 Å². The lowest BCUT2D eigenvalue weighted by atomic mass is 9.96. The summed E-state index contributed by atoms with van der Waals surface area (Å²) in [6, 6.07) is 0. The number of halogens is 1. The molecule has 2 rings (SSSR count). The van der Waals surface area contributed by atoms with Gasteiger partial charge in [-0.1, -0.05) is 0 Å². The first-order chi connectivity index (χ1) is 7.02. The Balaban J connectivity index is 2.16. The first-order valence-corrected chi connectivity index (χ1v) is 6.32. The van der Waals surface area contributed by atoms with Crippen molar-refractivity contribution in [2.45, 2.75) is 25.3 Å². The van der Waals surface area contributed by atoms with Gasteiger partial charge in [-0.25, -0.2) is 9.78 Å². The number of aromatic nitrogens is 1. The molecule has 1 aromatic rings. The summed E-state index contributed by atoms with van der Waals surface area (Å²) in [5.41, 5.74) is -0.878. The van der Waals surface area contributed by atoms with Gasteiger partial charge in [0, 0.05) is 5.38 Å². The molecule has 1 saturated carbocycles. The molecular formula is C9H11BrN2O2S. The van der Waals surface area contributed by atoms with E-state index in [4.69, 9.17) is 0 Å². The lowest BCUT2D eigenvalue weighted by Gasteiger charge is -2.25. The third-order valence-electron chi connectivity index (χ3n) is 2.68. The molecule has 0 amide bonds. The van der Waals surface area contributed by atoms with Crippen molar-refractivity contribution >= 4 is 38.4 Å². The van der Waals surface area contributed by atoms with Crippen LogP contribution in [0, 0.1) is 5.92 Å². The number of nitrogens with zero attached hydrogens (tertiary/aromatic N) is 1. The molecule has 0 aliphatic heterocycles. The van der Waals surface area contributed by atoms with Gasteiger partial charge >= 0.3 is 5.97 Å². The fourth-order valence-electron chi connectivity index (χ4n) is 1.52. The Labute approximate surface area is 99.8 Å². The van der Waals surface area contributed by atoms with Crippen molar-refractivity contribution in [2.24, 2.45) is 5.92 Å². The molecule has 1 fully saturated rings. The molecule has 1 aromatic heterocycles. The second kappa shape index (κ2) is 3.75. The van der Waals surface area contributed by atoms with E-state index in [0.29, 0.717) is 5.13 Å². The molecule has 6 heteroatoms. The van der Waals surface area contributed by atoms with E-state index in [1.165, 1.54) is 11.3 Å². The zero-order chi connectivity index (χ0) is 11.1. The second-order valence-electron chi connectivity index (χ2n) is 3.88. The monoisotopic (exact) mass is 290 g/mol. The van der Waals surface area contributed by atoms with Crippen molar-refractivity contribution in [3.8, 4) is 0 Å². The minimum absolute atomic E-state index is 0.220. The summed E-state index contributed by atoms with van der Waals surface area (Å²) in [7, 11) is 0. The second-order valence-corrected chi connectivity index (χ2v) is 5.55. The highest BCUT2D eigenvalue weighted by molar-refractivity contribution is 9.10. The van der Waals surface area contributed by atoms with E-state index in [1.54, 1.807) is 6.92 Å². The van der Waals surface area contributed by atoms with Gasteiger partial charge < -0.3 is 10.4 Å². The predicted octanol–water partition coefficient (Wildman–Crippen LogP) is 2.57. The SMILES string of the molecule is CC(Nc1nc(Br)cs1)(C(=O)O)C1CC1. The standard InChI is InChI=1S/C9H11BrN2O2S/c1-9(7(13)14,5-2-3-5)12-8-11-6(10)4-15-8/h4-5H,2-3H2,1H3,(H,11,12)(H,13,14). The molecule has 1 heterocycles. The number of carboxylic acids is 1. The van der Waals surface area contributed by atoms with Crippen LogP contribution in [0.2, 0.25) is 0 Å². The number of thiazole rings is 1. The normalized spacial score (nSPS) is 19.6. The number of nitrogens with one attached hydrogen (secondary N) is 1. The smallest absolute Gasteiger partial charge is 0.329 e. The Bertz CT molecular complexity index is 391. The highest BCUT2D eigenvalue weighted by Gasteiger charge is 2.48. The van der Waals surface area contributed by atoms with Gasteiger partial charge in [0.2, 0.25) is 0 Å². The summed E-state index contributed by atoms with van der Waals surface area (Å²) >= 11 is 4.65. The van der Waals surface area contributed by atoms with Crippen LogP contribution in [0.15, 0.2) is 9.98 Å². The molecule has 4 nitrogen and oxygen atoms in total. The molecule has 82 valence electrons. The number of rotatable bonds is 4. The predicted molar refractivity (Wildman–Crippen MR) is 62.2 cm³/mol. The molecule has 1 unspecified atom stereocenters. The molecule has 1 aliphatic rings. The van der Waals surface area contributed by atoms with Gasteiger partial charge in [0.1, 0.15) is 10.1 Å². The van der Waals surface area contributed by atoms with Gasteiger partial charge in [0.15, 0.2) is 5.13 Å². The summed E-state index contributed by atoms with van der Waals surface area (Å²) in [5.74, 6) is -0.589. The molecule has 2 N–H and O–H groups in total. The van der Waals surface area contributed by atoms with Gasteiger partial charge in [-0.3, -0.25) is 0 Å². The Morgan fingerprint density at radius 3 is 2.87 bits per heavy atom. The maximum Gasteiger partial charge on any atom is 0.329 e. The largest absolute Gasteiger partial charge is 0.480 e. The Morgan fingerprint density at radius 1 is 1.80 bits per heavy atom. The summed E-state index contributed by atoms with van der Waals surface area (Å²) in [6.07, 6.45) is 1.95. The van der Waals surface area contributed by atoms with E-state index in [1.807, 2.05) is 5.38 Å². The molecular weight excluding hydrogens is 280 g/mol. The van der Waals surface area contributed by atoms with Gasteiger partial charge in [-0.2, -0.15) is 0 Å². The van der Waals surface area contributed by atoms with Crippen molar-refractivity contribution in [3.05, 3.63) is 9.98 Å². The van der Waals surface area contributed by atoms with E-state index >= 15 is 0 Å². The van der Waals surface area contributed by atoms with Crippen LogP contribution in [0.3, 0.4) is 0 Å². The van der Waals surface area contributed by atoms with Crippen LogP contribution in [0.1, 0.15) is 19.8 Å². The quantitative estimate of drug-likeness (QED) is 0.895. The van der Waals surface area contributed by atoms with Crippen molar-refractivity contribution in [3.63, 3.8) is 0 Å². The van der Waals surface area contributed by atoms with Crippen LogP contribution in [0.25, 0.3) is 0 Å². The molecule has 0 radical (unpaired) electrons. The third-order valence-corrected chi connectivity index (χ3v) is 4.15. The number of carbonyl (C=O) groups is 1. The molecule has 0 spiro atoms. The minimum Gasteiger partial charge on any atom is -0.480 e. The van der Waals surface area contributed by atoms with E-state index in [9.17, 15) is 9.90 Å². The first kappa shape index (κ1) is 10.9. The van der Waals surface area contributed by atoms with E-state index in [0.717, 1.165) is 17.4 Å². The van der Waals surface area contributed by atoms with Crippen LogP contribution < -0.4 is 5.32 Å². The average molecular weight is 291 g/mol. The Hall–Kier alpha value is -0.620. The number of aliphatic carboxylic acids is 1. The van der Waals surface area contributed by atoms with Crippen molar-refractivity contribution in [1.29, 1.82) is 0 Å². The van der Waals surface area contributed by atoms with Crippen molar-refractivity contribution in [1.82, 2.24) is 4.98 Å². The van der Waals surface area contributed by atoms with Gasteiger partial charge in [0.25, 0.3) is 0 Å².